The molecule has 0 bridgehead atoms. The van der Waals surface area contributed by atoms with E-state index in [1.165, 1.54) is 6.07 Å². The van der Waals surface area contributed by atoms with E-state index >= 15 is 0 Å². The number of hydrogen-bond acceptors (Lipinski definition) is 1. The third-order valence-corrected chi connectivity index (χ3v) is 3.65. The number of halogens is 2. The van der Waals surface area contributed by atoms with E-state index in [1.807, 2.05) is 6.92 Å². The van der Waals surface area contributed by atoms with Crippen molar-refractivity contribution in [2.24, 2.45) is 5.41 Å². The molecule has 0 amide bonds. The summed E-state index contributed by atoms with van der Waals surface area (Å²) in [6, 6.07) is 4.71. The Bertz CT molecular complexity index is 410. The maximum absolute atomic E-state index is 13.6. The second-order valence-electron chi connectivity index (χ2n) is 4.90. The fraction of sp³-hybridized carbons (Fsp3) is 0.462. The predicted molar refractivity (Wildman–Crippen MR) is 62.1 cm³/mol. The maximum Gasteiger partial charge on any atom is 0.133 e. The molecule has 1 atom stereocenters. The highest BCUT2D eigenvalue weighted by Crippen LogP contribution is 2.40. The fourth-order valence-corrected chi connectivity index (χ4v) is 2.60. The molecule has 1 aromatic carbocycles. The van der Waals surface area contributed by atoms with Crippen molar-refractivity contribution in [2.45, 2.75) is 32.6 Å². The molecule has 0 saturated heterocycles. The molecule has 3 heteroatoms. The molecule has 0 aromatic heterocycles. The van der Waals surface area contributed by atoms with Crippen LogP contribution in [0.1, 0.15) is 31.7 Å². The molecule has 86 valence electrons. The Hall–Kier alpha value is -0.890. The Labute approximate surface area is 99.6 Å². The lowest BCUT2D eigenvalue weighted by Crippen LogP contribution is -2.16. The largest absolute Gasteiger partial charge is 0.300 e. The van der Waals surface area contributed by atoms with Crippen molar-refractivity contribution in [3.8, 4) is 0 Å². The van der Waals surface area contributed by atoms with Gasteiger partial charge in [0.1, 0.15) is 11.6 Å². The van der Waals surface area contributed by atoms with Gasteiger partial charge in [-0.25, -0.2) is 4.39 Å². The Morgan fingerprint density at radius 2 is 2.25 bits per heavy atom. The Balaban J connectivity index is 2.24. The van der Waals surface area contributed by atoms with Crippen molar-refractivity contribution in [1.82, 2.24) is 0 Å². The molecule has 2 rings (SSSR count). The highest BCUT2D eigenvalue weighted by molar-refractivity contribution is 6.31. The van der Waals surface area contributed by atoms with Gasteiger partial charge in [0.05, 0.1) is 0 Å². The number of Topliss-reactive ketones (excluding diaryl/α,β-unsaturated/α-hetero) is 1. The van der Waals surface area contributed by atoms with Gasteiger partial charge in [0.25, 0.3) is 0 Å². The van der Waals surface area contributed by atoms with Gasteiger partial charge in [0, 0.05) is 23.4 Å². The van der Waals surface area contributed by atoms with E-state index in [-0.39, 0.29) is 17.0 Å². The molecule has 0 aliphatic heterocycles. The second kappa shape index (κ2) is 4.17. The van der Waals surface area contributed by atoms with Crippen molar-refractivity contribution in [1.29, 1.82) is 0 Å². The van der Waals surface area contributed by atoms with Crippen LogP contribution in [0.25, 0.3) is 0 Å². The minimum absolute atomic E-state index is 0.122. The lowest BCUT2D eigenvalue weighted by atomic mass is 9.82. The summed E-state index contributed by atoms with van der Waals surface area (Å²) in [7, 11) is 0. The Kier molecular flexibility index (Phi) is 3.02. The molecule has 0 N–H and O–H groups in total. The van der Waals surface area contributed by atoms with Crippen LogP contribution < -0.4 is 0 Å². The first kappa shape index (κ1) is 11.6. The molecule has 16 heavy (non-hydrogen) atoms. The SMILES string of the molecule is CC1(Cc2c(F)cccc2Cl)CCC(=O)C1. The molecule has 1 fully saturated rings. The van der Waals surface area contributed by atoms with Crippen molar-refractivity contribution in [3.63, 3.8) is 0 Å². The first-order valence-electron chi connectivity index (χ1n) is 5.45. The summed E-state index contributed by atoms with van der Waals surface area (Å²) in [6.07, 6.45) is 2.53. The number of hydrogen-bond donors (Lipinski definition) is 0. The van der Waals surface area contributed by atoms with Gasteiger partial charge >= 0.3 is 0 Å². The number of carbonyl (C=O) groups excluding carboxylic acids is 1. The van der Waals surface area contributed by atoms with Crippen molar-refractivity contribution >= 4 is 17.4 Å². The van der Waals surface area contributed by atoms with Crippen LogP contribution in [0.4, 0.5) is 4.39 Å². The smallest absolute Gasteiger partial charge is 0.133 e. The van der Waals surface area contributed by atoms with Gasteiger partial charge in [-0.05, 0) is 30.4 Å². The topological polar surface area (TPSA) is 17.1 Å². The maximum atomic E-state index is 13.6. The number of carbonyl (C=O) groups is 1. The van der Waals surface area contributed by atoms with Crippen LogP contribution >= 0.6 is 11.6 Å². The lowest BCUT2D eigenvalue weighted by molar-refractivity contribution is -0.117. The zero-order chi connectivity index (χ0) is 11.8. The Morgan fingerprint density at radius 1 is 1.50 bits per heavy atom. The minimum Gasteiger partial charge on any atom is -0.300 e. The zero-order valence-electron chi connectivity index (χ0n) is 9.22. The molecule has 1 aliphatic rings. The third kappa shape index (κ3) is 2.27. The number of benzene rings is 1. The summed E-state index contributed by atoms with van der Waals surface area (Å²) in [4.78, 5) is 11.3. The van der Waals surface area contributed by atoms with Crippen molar-refractivity contribution < 1.29 is 9.18 Å². The van der Waals surface area contributed by atoms with Gasteiger partial charge in [-0.1, -0.05) is 24.6 Å². The molecule has 1 aliphatic carbocycles. The summed E-state index contributed by atoms with van der Waals surface area (Å²) >= 11 is 5.98. The summed E-state index contributed by atoms with van der Waals surface area (Å²) in [5, 5.41) is 0.459. The molecular formula is C13H14ClFO. The van der Waals surface area contributed by atoms with Crippen LogP contribution in [0.2, 0.25) is 5.02 Å². The number of rotatable bonds is 2. The van der Waals surface area contributed by atoms with Crippen LogP contribution in [0.3, 0.4) is 0 Å². The molecule has 1 nitrogen and oxygen atoms in total. The molecule has 1 aromatic rings. The van der Waals surface area contributed by atoms with E-state index in [0.717, 1.165) is 6.42 Å². The van der Waals surface area contributed by atoms with E-state index < -0.39 is 0 Å². The monoisotopic (exact) mass is 240 g/mol. The standard InChI is InChI=1S/C13H14ClFO/c1-13(6-5-9(16)7-13)8-10-11(14)3-2-4-12(10)15/h2-4H,5-8H2,1H3. The van der Waals surface area contributed by atoms with E-state index in [9.17, 15) is 9.18 Å². The van der Waals surface area contributed by atoms with Crippen LogP contribution in [0.5, 0.6) is 0 Å². The average molecular weight is 241 g/mol. The molecule has 0 radical (unpaired) electrons. The number of ketones is 1. The highest BCUT2D eigenvalue weighted by atomic mass is 35.5. The molecule has 1 unspecified atom stereocenters. The van der Waals surface area contributed by atoms with Gasteiger partial charge in [0.2, 0.25) is 0 Å². The fourth-order valence-electron chi connectivity index (χ4n) is 2.37. The van der Waals surface area contributed by atoms with Gasteiger partial charge in [0.15, 0.2) is 0 Å². The second-order valence-corrected chi connectivity index (χ2v) is 5.31. The van der Waals surface area contributed by atoms with Crippen molar-refractivity contribution in [2.75, 3.05) is 0 Å². The van der Waals surface area contributed by atoms with Crippen LogP contribution in [-0.2, 0) is 11.2 Å². The minimum atomic E-state index is -0.270. The van der Waals surface area contributed by atoms with Crippen molar-refractivity contribution in [3.05, 3.63) is 34.6 Å². The predicted octanol–water partition coefficient (Wildman–Crippen LogP) is 3.78. The summed E-state index contributed by atoms with van der Waals surface area (Å²) in [5.74, 6) is 0.00281. The molecule has 0 spiro atoms. The lowest BCUT2D eigenvalue weighted by Gasteiger charge is -2.23. The van der Waals surface area contributed by atoms with E-state index in [4.69, 9.17) is 11.6 Å². The van der Waals surface area contributed by atoms with Gasteiger partial charge < -0.3 is 0 Å². The van der Waals surface area contributed by atoms with E-state index in [1.54, 1.807) is 12.1 Å². The van der Waals surface area contributed by atoms with Gasteiger partial charge in [-0.15, -0.1) is 0 Å². The summed E-state index contributed by atoms with van der Waals surface area (Å²) in [5.41, 5.74) is 0.421. The van der Waals surface area contributed by atoms with Gasteiger partial charge in [-0.2, -0.15) is 0 Å². The van der Waals surface area contributed by atoms with Gasteiger partial charge in [-0.3, -0.25) is 4.79 Å². The highest BCUT2D eigenvalue weighted by Gasteiger charge is 2.35. The van der Waals surface area contributed by atoms with Crippen LogP contribution in [0, 0.1) is 11.2 Å². The first-order valence-corrected chi connectivity index (χ1v) is 5.83. The first-order chi connectivity index (χ1) is 7.50. The molecule has 0 heterocycles. The molecular weight excluding hydrogens is 227 g/mol. The summed E-state index contributed by atoms with van der Waals surface area (Å²) in [6.45, 7) is 2.03. The molecule has 1 saturated carbocycles. The van der Waals surface area contributed by atoms with Crippen LogP contribution in [-0.4, -0.2) is 5.78 Å². The Morgan fingerprint density at radius 3 is 2.81 bits per heavy atom. The van der Waals surface area contributed by atoms with E-state index in [0.29, 0.717) is 29.8 Å². The van der Waals surface area contributed by atoms with Crippen LogP contribution in [0.15, 0.2) is 18.2 Å². The third-order valence-electron chi connectivity index (χ3n) is 3.30. The summed E-state index contributed by atoms with van der Waals surface area (Å²) < 4.78 is 13.6. The zero-order valence-corrected chi connectivity index (χ0v) is 9.98. The quantitative estimate of drug-likeness (QED) is 0.769. The van der Waals surface area contributed by atoms with E-state index in [2.05, 4.69) is 0 Å². The normalized spacial score (nSPS) is 25.1. The average Bonchev–Trinajstić information content (AvgIpc) is 2.53.